The molecule has 1 aromatic carbocycles. The van der Waals surface area contributed by atoms with Gasteiger partial charge in [-0.1, -0.05) is 6.07 Å². The number of phenols is 1. The van der Waals surface area contributed by atoms with Gasteiger partial charge in [0.05, 0.1) is 5.56 Å². The summed E-state index contributed by atoms with van der Waals surface area (Å²) >= 11 is 0. The number of nitrogens with one attached hydrogen (secondary N) is 2. The minimum atomic E-state index is -1.25. The van der Waals surface area contributed by atoms with Gasteiger partial charge in [-0.05, 0) is 19.1 Å². The van der Waals surface area contributed by atoms with Gasteiger partial charge < -0.3 is 21.3 Å². The highest BCUT2D eigenvalue weighted by molar-refractivity contribution is 6.01. The third-order valence-electron chi connectivity index (χ3n) is 1.92. The molecular weight excluding hydrogens is 238 g/mol. The van der Waals surface area contributed by atoms with Crippen LogP contribution in [0.2, 0.25) is 0 Å². The first-order valence-electron chi connectivity index (χ1n) is 4.89. The number of hydrogen-bond acceptors (Lipinski definition) is 4. The van der Waals surface area contributed by atoms with Gasteiger partial charge in [-0.3, -0.25) is 10.2 Å². The normalized spacial score (nSPS) is 8.78. The first kappa shape index (κ1) is 15.4. The highest BCUT2D eigenvalue weighted by Crippen LogP contribution is 2.22. The summed E-state index contributed by atoms with van der Waals surface area (Å²) in [4.78, 5) is 21.4. The minimum Gasteiger partial charge on any atom is -0.506 e. The number of hydrogen-bond donors (Lipinski definition) is 5. The van der Waals surface area contributed by atoms with Crippen molar-refractivity contribution in [2.45, 2.75) is 6.92 Å². The Morgan fingerprint density at radius 3 is 2.11 bits per heavy atom. The summed E-state index contributed by atoms with van der Waals surface area (Å²) in [5, 5.41) is 26.7. The maximum atomic E-state index is 10.9. The first-order valence-corrected chi connectivity index (χ1v) is 4.89. The molecule has 0 spiro atoms. The van der Waals surface area contributed by atoms with E-state index in [9.17, 15) is 14.7 Å². The van der Waals surface area contributed by atoms with Crippen LogP contribution in [0.25, 0.3) is 0 Å². The summed E-state index contributed by atoms with van der Waals surface area (Å²) < 4.78 is 0. The minimum absolute atomic E-state index is 0.00463. The average Bonchev–Trinajstić information content (AvgIpc) is 2.29. The van der Waals surface area contributed by atoms with Gasteiger partial charge in [0.25, 0.3) is 0 Å². The van der Waals surface area contributed by atoms with Gasteiger partial charge in [0.1, 0.15) is 11.3 Å². The molecular formula is C11H15N3O4. The molecule has 0 aliphatic rings. The number of aromatic hydroxyl groups is 1. The number of ketones is 1. The third kappa shape index (κ3) is 4.52. The predicted octanol–water partition coefficient (Wildman–Crippen LogP) is 0.392. The number of carboxylic acid groups (broad SMARTS) is 1. The van der Waals surface area contributed by atoms with Crippen LogP contribution in [0.15, 0.2) is 18.2 Å². The smallest absolute Gasteiger partial charge is 0.339 e. The zero-order valence-electron chi connectivity index (χ0n) is 10.0. The molecule has 0 aliphatic carbocycles. The monoisotopic (exact) mass is 253 g/mol. The number of rotatable bonds is 2. The fourth-order valence-electron chi connectivity index (χ4n) is 1.00. The van der Waals surface area contributed by atoms with Crippen molar-refractivity contribution < 1.29 is 19.8 Å². The fourth-order valence-corrected chi connectivity index (χ4v) is 1.00. The van der Waals surface area contributed by atoms with E-state index < -0.39 is 11.7 Å². The standard InChI is InChI=1S/C9H8O4.C2H7N3/c1-5(10)6-3-2-4-7(8(6)11)9(12)13;1-5-2(3)4/h2-4,11H,1H3,(H,12,13);1H3,(H4,3,4,5). The lowest BCUT2D eigenvalue weighted by molar-refractivity contribution is 0.0693. The summed E-state index contributed by atoms with van der Waals surface area (Å²) in [7, 11) is 1.60. The summed E-state index contributed by atoms with van der Waals surface area (Å²) in [6.07, 6.45) is 0. The third-order valence-corrected chi connectivity index (χ3v) is 1.92. The zero-order valence-corrected chi connectivity index (χ0v) is 10.0. The molecule has 98 valence electrons. The topological polar surface area (TPSA) is 137 Å². The van der Waals surface area contributed by atoms with E-state index >= 15 is 0 Å². The maximum Gasteiger partial charge on any atom is 0.339 e. The Labute approximate surface area is 104 Å². The Kier molecular flexibility index (Phi) is 5.91. The van der Waals surface area contributed by atoms with Gasteiger partial charge in [0.15, 0.2) is 11.7 Å². The second-order valence-electron chi connectivity index (χ2n) is 3.23. The van der Waals surface area contributed by atoms with Gasteiger partial charge in [-0.15, -0.1) is 0 Å². The maximum absolute atomic E-state index is 10.9. The molecule has 0 unspecified atom stereocenters. The summed E-state index contributed by atoms with van der Waals surface area (Å²) in [5.74, 6) is -2.08. The summed E-state index contributed by atoms with van der Waals surface area (Å²) in [6, 6.07) is 4.04. The molecule has 18 heavy (non-hydrogen) atoms. The molecule has 0 saturated carbocycles. The van der Waals surface area contributed by atoms with Crippen molar-refractivity contribution in [1.29, 1.82) is 5.41 Å². The molecule has 0 fully saturated rings. The molecule has 0 atom stereocenters. The number of benzene rings is 1. The van der Waals surface area contributed by atoms with Crippen LogP contribution in [0.3, 0.4) is 0 Å². The Morgan fingerprint density at radius 2 is 1.78 bits per heavy atom. The largest absolute Gasteiger partial charge is 0.506 e. The van der Waals surface area contributed by atoms with Crippen molar-refractivity contribution in [1.82, 2.24) is 5.32 Å². The van der Waals surface area contributed by atoms with Crippen LogP contribution in [0.5, 0.6) is 5.75 Å². The molecule has 0 radical (unpaired) electrons. The lowest BCUT2D eigenvalue weighted by Crippen LogP contribution is -2.25. The van der Waals surface area contributed by atoms with Gasteiger partial charge >= 0.3 is 5.97 Å². The number of carbonyl (C=O) groups is 2. The van der Waals surface area contributed by atoms with Crippen molar-refractivity contribution in [2.75, 3.05) is 7.05 Å². The SMILES string of the molecule is CC(=O)c1cccc(C(=O)O)c1O.CNC(=N)N. The van der Waals surface area contributed by atoms with Crippen molar-refractivity contribution in [2.24, 2.45) is 5.73 Å². The van der Waals surface area contributed by atoms with Crippen molar-refractivity contribution in [3.8, 4) is 5.75 Å². The van der Waals surface area contributed by atoms with Crippen molar-refractivity contribution in [3.05, 3.63) is 29.3 Å². The molecule has 0 amide bonds. The Morgan fingerprint density at radius 1 is 1.33 bits per heavy atom. The average molecular weight is 253 g/mol. The van der Waals surface area contributed by atoms with Crippen LogP contribution in [-0.2, 0) is 0 Å². The number of guanidine groups is 1. The molecule has 7 heteroatoms. The van der Waals surface area contributed by atoms with Crippen molar-refractivity contribution in [3.63, 3.8) is 0 Å². The highest BCUT2D eigenvalue weighted by Gasteiger charge is 2.14. The van der Waals surface area contributed by atoms with Gasteiger partial charge in [0.2, 0.25) is 0 Å². The van der Waals surface area contributed by atoms with E-state index in [0.29, 0.717) is 0 Å². The summed E-state index contributed by atoms with van der Waals surface area (Å²) in [5.41, 5.74) is 4.53. The molecule has 0 bridgehead atoms. The van der Waals surface area contributed by atoms with Crippen LogP contribution in [0.4, 0.5) is 0 Å². The van der Waals surface area contributed by atoms with Crippen LogP contribution >= 0.6 is 0 Å². The number of nitrogens with two attached hydrogens (primary N) is 1. The Hall–Kier alpha value is -2.57. The zero-order chi connectivity index (χ0) is 14.3. The molecule has 7 nitrogen and oxygen atoms in total. The van der Waals surface area contributed by atoms with Gasteiger partial charge in [-0.2, -0.15) is 0 Å². The molecule has 0 saturated heterocycles. The number of carbonyl (C=O) groups excluding carboxylic acids is 1. The second kappa shape index (κ2) is 6.89. The van der Waals surface area contributed by atoms with Crippen LogP contribution in [-0.4, -0.2) is 35.0 Å². The first-order chi connectivity index (χ1) is 8.31. The second-order valence-corrected chi connectivity index (χ2v) is 3.23. The van der Waals surface area contributed by atoms with Crippen LogP contribution in [0.1, 0.15) is 27.6 Å². The molecule has 6 N–H and O–H groups in total. The van der Waals surface area contributed by atoms with E-state index in [1.165, 1.54) is 25.1 Å². The molecule has 0 aliphatic heterocycles. The molecule has 0 heterocycles. The van der Waals surface area contributed by atoms with E-state index in [0.717, 1.165) is 0 Å². The van der Waals surface area contributed by atoms with Gasteiger partial charge in [0, 0.05) is 7.05 Å². The molecule has 0 aromatic heterocycles. The number of aromatic carboxylic acids is 1. The lowest BCUT2D eigenvalue weighted by atomic mass is 10.1. The number of carboxylic acids is 1. The quantitative estimate of drug-likeness (QED) is 0.294. The lowest BCUT2D eigenvalue weighted by Gasteiger charge is -2.02. The van der Waals surface area contributed by atoms with Gasteiger partial charge in [-0.25, -0.2) is 4.79 Å². The van der Waals surface area contributed by atoms with E-state index in [1.54, 1.807) is 7.05 Å². The number of Topliss-reactive ketones (excluding diaryl/α,β-unsaturated/α-hetero) is 1. The van der Waals surface area contributed by atoms with E-state index in [1.807, 2.05) is 0 Å². The Bertz CT molecular complexity index is 439. The van der Waals surface area contributed by atoms with E-state index in [2.05, 4.69) is 5.32 Å². The fraction of sp³-hybridized carbons (Fsp3) is 0.182. The van der Waals surface area contributed by atoms with E-state index in [-0.39, 0.29) is 22.9 Å². The van der Waals surface area contributed by atoms with Crippen LogP contribution < -0.4 is 11.1 Å². The summed E-state index contributed by atoms with van der Waals surface area (Å²) in [6.45, 7) is 1.26. The highest BCUT2D eigenvalue weighted by atomic mass is 16.4. The van der Waals surface area contributed by atoms with Crippen molar-refractivity contribution >= 4 is 17.7 Å². The molecule has 1 rings (SSSR count). The Balaban J connectivity index is 0.000000494. The molecule has 1 aromatic rings. The van der Waals surface area contributed by atoms with Crippen LogP contribution in [0, 0.1) is 5.41 Å². The predicted molar refractivity (Wildman–Crippen MR) is 66.0 cm³/mol. The number of para-hydroxylation sites is 1. The van der Waals surface area contributed by atoms with E-state index in [4.69, 9.17) is 16.2 Å².